The van der Waals surface area contributed by atoms with Gasteiger partial charge in [-0.05, 0) is 12.8 Å². The maximum Gasteiger partial charge on any atom is 0.246 e. The molecule has 4 heteroatoms. The van der Waals surface area contributed by atoms with Crippen LogP contribution in [0.2, 0.25) is 0 Å². The van der Waals surface area contributed by atoms with Crippen LogP contribution >= 0.6 is 0 Å². The maximum atomic E-state index is 11.7. The molecule has 72 valence electrons. The number of piperazine rings is 1. The van der Waals surface area contributed by atoms with Crippen LogP contribution in [-0.2, 0) is 9.59 Å². The van der Waals surface area contributed by atoms with Crippen molar-refractivity contribution >= 4 is 11.8 Å². The summed E-state index contributed by atoms with van der Waals surface area (Å²) in [5, 5.41) is 2.83. The fourth-order valence-corrected chi connectivity index (χ4v) is 2.37. The Balaban J connectivity index is 2.34. The van der Waals surface area contributed by atoms with E-state index in [1.165, 1.54) is 0 Å². The van der Waals surface area contributed by atoms with Crippen LogP contribution in [0.1, 0.15) is 26.2 Å². The van der Waals surface area contributed by atoms with Crippen molar-refractivity contribution in [3.8, 4) is 0 Å². The lowest BCUT2D eigenvalue weighted by atomic mass is 9.90. The normalized spacial score (nSPS) is 33.2. The highest BCUT2D eigenvalue weighted by atomic mass is 16.2. The lowest BCUT2D eigenvalue weighted by Gasteiger charge is -2.40. The predicted molar refractivity (Wildman–Crippen MR) is 47.0 cm³/mol. The van der Waals surface area contributed by atoms with Gasteiger partial charge in [-0.25, -0.2) is 0 Å². The monoisotopic (exact) mass is 182 g/mol. The molecule has 0 radical (unpaired) electrons. The Hall–Kier alpha value is -1.06. The van der Waals surface area contributed by atoms with Crippen LogP contribution in [0.5, 0.6) is 0 Å². The van der Waals surface area contributed by atoms with Crippen molar-refractivity contribution in [1.82, 2.24) is 10.2 Å². The van der Waals surface area contributed by atoms with Crippen LogP contribution < -0.4 is 5.32 Å². The molecule has 1 unspecified atom stereocenters. The Kier molecular flexibility index (Phi) is 1.78. The van der Waals surface area contributed by atoms with E-state index in [2.05, 4.69) is 5.32 Å². The third-order valence-electron chi connectivity index (χ3n) is 3.20. The van der Waals surface area contributed by atoms with Crippen LogP contribution in [0.15, 0.2) is 0 Å². The van der Waals surface area contributed by atoms with Crippen LogP contribution in [0.3, 0.4) is 0 Å². The smallest absolute Gasteiger partial charge is 0.246 e. The minimum Gasteiger partial charge on any atom is -0.352 e. The highest BCUT2D eigenvalue weighted by Gasteiger charge is 2.51. The number of amides is 2. The number of rotatable bonds is 1. The topological polar surface area (TPSA) is 49.4 Å². The first-order valence-corrected chi connectivity index (χ1v) is 4.79. The first kappa shape index (κ1) is 8.53. The van der Waals surface area contributed by atoms with Gasteiger partial charge in [0.05, 0.1) is 0 Å². The summed E-state index contributed by atoms with van der Waals surface area (Å²) in [7, 11) is 0. The summed E-state index contributed by atoms with van der Waals surface area (Å²) in [6.07, 6.45) is 1.94. The van der Waals surface area contributed by atoms with E-state index in [-0.39, 0.29) is 11.8 Å². The fraction of sp³-hybridized carbons (Fsp3) is 0.778. The van der Waals surface area contributed by atoms with E-state index in [1.807, 2.05) is 6.92 Å². The van der Waals surface area contributed by atoms with Gasteiger partial charge in [0.2, 0.25) is 11.8 Å². The van der Waals surface area contributed by atoms with Crippen LogP contribution in [0, 0.1) is 0 Å². The molecule has 2 aliphatic rings. The van der Waals surface area contributed by atoms with Crippen LogP contribution in [0.4, 0.5) is 0 Å². The van der Waals surface area contributed by atoms with Gasteiger partial charge < -0.3 is 10.2 Å². The minimum atomic E-state index is -0.505. The molecule has 0 aliphatic carbocycles. The molecule has 0 aromatic rings. The van der Waals surface area contributed by atoms with Gasteiger partial charge >= 0.3 is 0 Å². The highest BCUT2D eigenvalue weighted by Crippen LogP contribution is 2.34. The molecule has 2 rings (SSSR count). The molecule has 0 saturated carbocycles. The second-order valence-corrected chi connectivity index (χ2v) is 3.69. The van der Waals surface area contributed by atoms with E-state index in [0.29, 0.717) is 25.9 Å². The van der Waals surface area contributed by atoms with Gasteiger partial charge in [-0.15, -0.1) is 0 Å². The van der Waals surface area contributed by atoms with E-state index in [1.54, 1.807) is 4.90 Å². The van der Waals surface area contributed by atoms with Crippen LogP contribution in [0.25, 0.3) is 0 Å². The predicted octanol–water partition coefficient (Wildman–Crippen LogP) is -0.113. The van der Waals surface area contributed by atoms with Gasteiger partial charge in [0, 0.05) is 19.5 Å². The molecule has 2 fully saturated rings. The number of fused-ring (bicyclic) bond motifs is 1. The third kappa shape index (κ3) is 0.975. The molecule has 4 nitrogen and oxygen atoms in total. The Morgan fingerprint density at radius 1 is 1.54 bits per heavy atom. The molecular weight excluding hydrogens is 168 g/mol. The molecule has 2 amide bonds. The number of hydrogen-bond acceptors (Lipinski definition) is 2. The summed E-state index contributed by atoms with van der Waals surface area (Å²) in [5.74, 6) is 0.170. The van der Waals surface area contributed by atoms with Crippen molar-refractivity contribution in [2.45, 2.75) is 31.7 Å². The van der Waals surface area contributed by atoms with Crippen molar-refractivity contribution in [3.63, 3.8) is 0 Å². The number of carbonyl (C=O) groups is 2. The van der Waals surface area contributed by atoms with Gasteiger partial charge in [0.1, 0.15) is 5.54 Å². The van der Waals surface area contributed by atoms with Gasteiger partial charge in [-0.2, -0.15) is 0 Å². The summed E-state index contributed by atoms with van der Waals surface area (Å²) in [6.45, 7) is 3.25. The fourth-order valence-electron chi connectivity index (χ4n) is 2.37. The number of hydrogen-bond donors (Lipinski definition) is 1. The lowest BCUT2D eigenvalue weighted by molar-refractivity contribution is -0.145. The highest BCUT2D eigenvalue weighted by molar-refractivity contribution is 5.95. The molecule has 0 aromatic heterocycles. The van der Waals surface area contributed by atoms with Crippen molar-refractivity contribution < 1.29 is 9.59 Å². The molecule has 2 heterocycles. The molecule has 1 atom stereocenters. The summed E-state index contributed by atoms with van der Waals surface area (Å²) < 4.78 is 0. The van der Waals surface area contributed by atoms with Gasteiger partial charge in [0.15, 0.2) is 0 Å². The Bertz CT molecular complexity index is 264. The van der Waals surface area contributed by atoms with Crippen molar-refractivity contribution in [2.75, 3.05) is 13.1 Å². The van der Waals surface area contributed by atoms with Gasteiger partial charge in [-0.3, -0.25) is 9.59 Å². The molecule has 2 saturated heterocycles. The molecule has 0 bridgehead atoms. The average molecular weight is 182 g/mol. The average Bonchev–Trinajstić information content (AvgIpc) is 2.47. The summed E-state index contributed by atoms with van der Waals surface area (Å²) in [6, 6.07) is 0. The molecular formula is C9H14N2O2. The first-order valence-electron chi connectivity index (χ1n) is 4.79. The van der Waals surface area contributed by atoms with Gasteiger partial charge in [0.25, 0.3) is 0 Å². The Morgan fingerprint density at radius 2 is 2.31 bits per heavy atom. The summed E-state index contributed by atoms with van der Waals surface area (Å²) >= 11 is 0. The van der Waals surface area contributed by atoms with E-state index >= 15 is 0 Å². The summed E-state index contributed by atoms with van der Waals surface area (Å²) in [5.41, 5.74) is -0.505. The molecule has 0 aromatic carbocycles. The largest absolute Gasteiger partial charge is 0.352 e. The maximum absolute atomic E-state index is 11.7. The first-order chi connectivity index (χ1) is 6.20. The second-order valence-electron chi connectivity index (χ2n) is 3.69. The van der Waals surface area contributed by atoms with Crippen molar-refractivity contribution in [2.24, 2.45) is 0 Å². The van der Waals surface area contributed by atoms with Crippen LogP contribution in [-0.4, -0.2) is 35.3 Å². The zero-order chi connectivity index (χ0) is 9.47. The number of nitrogens with one attached hydrogen (secondary N) is 1. The zero-order valence-corrected chi connectivity index (χ0v) is 7.80. The number of carbonyl (C=O) groups excluding carboxylic acids is 2. The Labute approximate surface area is 77.3 Å². The van der Waals surface area contributed by atoms with E-state index in [0.717, 1.165) is 6.42 Å². The molecule has 0 spiro atoms. The quantitative estimate of drug-likeness (QED) is 0.615. The van der Waals surface area contributed by atoms with Crippen molar-refractivity contribution in [1.29, 1.82) is 0 Å². The summed E-state index contributed by atoms with van der Waals surface area (Å²) in [4.78, 5) is 24.9. The van der Waals surface area contributed by atoms with E-state index in [4.69, 9.17) is 0 Å². The van der Waals surface area contributed by atoms with Crippen molar-refractivity contribution in [3.05, 3.63) is 0 Å². The third-order valence-corrected chi connectivity index (χ3v) is 3.20. The second kappa shape index (κ2) is 2.72. The van der Waals surface area contributed by atoms with E-state index in [9.17, 15) is 9.59 Å². The SMILES string of the molecule is CCC12CCC(=O)N1CCNC2=O. The minimum absolute atomic E-state index is 0.0344. The molecule has 1 N–H and O–H groups in total. The standard InChI is InChI=1S/C9H14N2O2/c1-2-9-4-3-7(12)11(9)6-5-10-8(9)13/h2-6H2,1H3,(H,10,13). The lowest BCUT2D eigenvalue weighted by Crippen LogP contribution is -2.62. The Morgan fingerprint density at radius 3 is 2.92 bits per heavy atom. The zero-order valence-electron chi connectivity index (χ0n) is 7.80. The molecule has 2 aliphatic heterocycles. The number of nitrogens with zero attached hydrogens (tertiary/aromatic N) is 1. The van der Waals surface area contributed by atoms with Gasteiger partial charge in [-0.1, -0.05) is 6.92 Å². The molecule has 13 heavy (non-hydrogen) atoms. The van der Waals surface area contributed by atoms with E-state index < -0.39 is 5.54 Å².